The molecule has 28 heavy (non-hydrogen) atoms. The zero-order valence-electron chi connectivity index (χ0n) is 15.3. The summed E-state index contributed by atoms with van der Waals surface area (Å²) < 4.78 is 11.1. The molecule has 138 valence electrons. The molecule has 0 unspecified atom stereocenters. The van der Waals surface area contributed by atoms with E-state index in [2.05, 4.69) is 10.3 Å². The Morgan fingerprint density at radius 2 is 1.68 bits per heavy atom. The van der Waals surface area contributed by atoms with Crippen LogP contribution in [0.5, 0.6) is 17.2 Å². The molecule has 0 aliphatic heterocycles. The first-order chi connectivity index (χ1) is 13.7. The fourth-order valence-electron chi connectivity index (χ4n) is 2.85. The number of para-hydroxylation sites is 2. The van der Waals surface area contributed by atoms with Crippen LogP contribution < -0.4 is 14.8 Å². The molecule has 0 aliphatic carbocycles. The molecule has 0 saturated carbocycles. The van der Waals surface area contributed by atoms with Crippen molar-refractivity contribution in [1.29, 1.82) is 0 Å². The Kier molecular flexibility index (Phi) is 4.89. The van der Waals surface area contributed by atoms with Gasteiger partial charge in [-0.25, -0.2) is 0 Å². The molecule has 1 amide bonds. The minimum Gasteiger partial charge on any atom is -0.493 e. The van der Waals surface area contributed by atoms with Gasteiger partial charge in [0.1, 0.15) is 5.75 Å². The number of benzene rings is 3. The summed E-state index contributed by atoms with van der Waals surface area (Å²) in [4.78, 5) is 16.8. The van der Waals surface area contributed by atoms with Gasteiger partial charge in [-0.1, -0.05) is 24.3 Å². The average Bonchev–Trinajstić information content (AvgIpc) is 2.74. The molecular weight excluding hydrogens is 352 g/mol. The van der Waals surface area contributed by atoms with Gasteiger partial charge in [0.05, 0.1) is 12.6 Å². The van der Waals surface area contributed by atoms with Gasteiger partial charge in [0.15, 0.2) is 11.5 Å². The number of aromatic nitrogens is 1. The Hall–Kier alpha value is -3.86. The average molecular weight is 370 g/mol. The van der Waals surface area contributed by atoms with Gasteiger partial charge in [-0.2, -0.15) is 0 Å². The zero-order chi connectivity index (χ0) is 19.3. The minimum atomic E-state index is -0.195. The molecule has 1 heterocycles. The van der Waals surface area contributed by atoms with E-state index in [0.29, 0.717) is 28.5 Å². The van der Waals surface area contributed by atoms with Crippen LogP contribution in [0.2, 0.25) is 0 Å². The second kappa shape index (κ2) is 7.80. The fourth-order valence-corrected chi connectivity index (χ4v) is 2.85. The van der Waals surface area contributed by atoms with Gasteiger partial charge in [-0.3, -0.25) is 9.78 Å². The quantitative estimate of drug-likeness (QED) is 0.519. The first-order valence-corrected chi connectivity index (χ1v) is 8.80. The summed E-state index contributed by atoms with van der Waals surface area (Å²) in [6, 6.07) is 23.9. The van der Waals surface area contributed by atoms with Crippen LogP contribution in [-0.4, -0.2) is 18.0 Å². The third-order valence-electron chi connectivity index (χ3n) is 4.28. The second-order valence-electron chi connectivity index (χ2n) is 6.14. The van der Waals surface area contributed by atoms with Gasteiger partial charge >= 0.3 is 0 Å². The summed E-state index contributed by atoms with van der Waals surface area (Å²) in [6.07, 6.45) is 1.73. The van der Waals surface area contributed by atoms with Gasteiger partial charge in [0, 0.05) is 22.8 Å². The predicted octanol–water partition coefficient (Wildman–Crippen LogP) is 5.29. The molecule has 0 spiro atoms. The summed E-state index contributed by atoms with van der Waals surface area (Å²) in [7, 11) is 1.60. The van der Waals surface area contributed by atoms with Crippen LogP contribution in [-0.2, 0) is 0 Å². The van der Waals surface area contributed by atoms with Crippen LogP contribution >= 0.6 is 0 Å². The number of fused-ring (bicyclic) bond motifs is 1. The SMILES string of the molecule is COc1ccccc1Oc1ccc(C(=O)Nc2ccc3cccnc3c2)cc1. The number of carbonyl (C=O) groups is 1. The summed E-state index contributed by atoms with van der Waals surface area (Å²) in [6.45, 7) is 0. The van der Waals surface area contributed by atoms with Gasteiger partial charge in [-0.15, -0.1) is 0 Å². The van der Waals surface area contributed by atoms with Crippen molar-refractivity contribution < 1.29 is 14.3 Å². The number of nitrogens with one attached hydrogen (secondary N) is 1. The number of carbonyl (C=O) groups excluding carboxylic acids is 1. The Morgan fingerprint density at radius 3 is 2.46 bits per heavy atom. The van der Waals surface area contributed by atoms with E-state index in [-0.39, 0.29) is 5.91 Å². The molecule has 4 aromatic rings. The first-order valence-electron chi connectivity index (χ1n) is 8.80. The third-order valence-corrected chi connectivity index (χ3v) is 4.28. The van der Waals surface area contributed by atoms with Gasteiger partial charge in [0.2, 0.25) is 0 Å². The highest BCUT2D eigenvalue weighted by atomic mass is 16.5. The lowest BCUT2D eigenvalue weighted by molar-refractivity contribution is 0.102. The van der Waals surface area contributed by atoms with Crippen LogP contribution in [0.15, 0.2) is 85.1 Å². The molecule has 0 fully saturated rings. The van der Waals surface area contributed by atoms with E-state index in [9.17, 15) is 4.79 Å². The van der Waals surface area contributed by atoms with E-state index in [0.717, 1.165) is 10.9 Å². The maximum Gasteiger partial charge on any atom is 0.255 e. The molecule has 0 radical (unpaired) electrons. The summed E-state index contributed by atoms with van der Waals surface area (Å²) in [5, 5.41) is 3.92. The topological polar surface area (TPSA) is 60.5 Å². The highest BCUT2D eigenvalue weighted by molar-refractivity contribution is 6.05. The van der Waals surface area contributed by atoms with Crippen LogP contribution in [0.4, 0.5) is 5.69 Å². The maximum absolute atomic E-state index is 12.5. The van der Waals surface area contributed by atoms with Crippen molar-refractivity contribution in [3.63, 3.8) is 0 Å². The number of nitrogens with zero attached hydrogens (tertiary/aromatic N) is 1. The van der Waals surface area contributed by atoms with Crippen LogP contribution in [0, 0.1) is 0 Å². The number of amides is 1. The van der Waals surface area contributed by atoms with Crippen molar-refractivity contribution >= 4 is 22.5 Å². The van der Waals surface area contributed by atoms with Crippen LogP contribution in [0.1, 0.15) is 10.4 Å². The van der Waals surface area contributed by atoms with E-state index >= 15 is 0 Å². The standard InChI is InChI=1S/C23H18N2O3/c1-27-21-6-2-3-7-22(21)28-19-12-9-17(10-13-19)23(26)25-18-11-8-16-5-4-14-24-20(16)15-18/h2-15H,1H3,(H,25,26). The third kappa shape index (κ3) is 3.78. The van der Waals surface area contributed by atoms with Crippen LogP contribution in [0.3, 0.4) is 0 Å². The largest absolute Gasteiger partial charge is 0.493 e. The monoisotopic (exact) mass is 370 g/mol. The van der Waals surface area contributed by atoms with Gasteiger partial charge < -0.3 is 14.8 Å². The van der Waals surface area contributed by atoms with Crippen molar-refractivity contribution in [3.8, 4) is 17.2 Å². The van der Waals surface area contributed by atoms with Crippen molar-refractivity contribution in [2.75, 3.05) is 12.4 Å². The number of rotatable bonds is 5. The number of ether oxygens (including phenoxy) is 2. The molecule has 5 heteroatoms. The smallest absolute Gasteiger partial charge is 0.255 e. The molecule has 1 aromatic heterocycles. The summed E-state index contributed by atoms with van der Waals surface area (Å²) in [5.41, 5.74) is 2.07. The minimum absolute atomic E-state index is 0.195. The van der Waals surface area contributed by atoms with Gasteiger partial charge in [-0.05, 0) is 54.6 Å². The molecule has 3 aromatic carbocycles. The molecule has 0 atom stereocenters. The van der Waals surface area contributed by atoms with Crippen molar-refractivity contribution in [3.05, 3.63) is 90.6 Å². The van der Waals surface area contributed by atoms with E-state index in [1.165, 1.54) is 0 Å². The van der Waals surface area contributed by atoms with Crippen molar-refractivity contribution in [2.45, 2.75) is 0 Å². The molecule has 1 N–H and O–H groups in total. The molecule has 0 saturated heterocycles. The van der Waals surface area contributed by atoms with E-state index in [4.69, 9.17) is 9.47 Å². The number of hydrogen-bond acceptors (Lipinski definition) is 4. The molecule has 0 bridgehead atoms. The lowest BCUT2D eigenvalue weighted by Gasteiger charge is -2.10. The maximum atomic E-state index is 12.5. The number of hydrogen-bond donors (Lipinski definition) is 1. The molecule has 5 nitrogen and oxygen atoms in total. The lowest BCUT2D eigenvalue weighted by atomic mass is 10.1. The Balaban J connectivity index is 1.47. The van der Waals surface area contributed by atoms with Crippen molar-refractivity contribution in [1.82, 2.24) is 4.98 Å². The molecule has 0 aliphatic rings. The lowest BCUT2D eigenvalue weighted by Crippen LogP contribution is -2.11. The highest BCUT2D eigenvalue weighted by Gasteiger charge is 2.09. The number of methoxy groups -OCH3 is 1. The van der Waals surface area contributed by atoms with E-state index in [1.807, 2.05) is 54.6 Å². The molecule has 4 rings (SSSR count). The number of pyridine rings is 1. The number of anilines is 1. The zero-order valence-corrected chi connectivity index (χ0v) is 15.3. The predicted molar refractivity (Wildman–Crippen MR) is 109 cm³/mol. The second-order valence-corrected chi connectivity index (χ2v) is 6.14. The normalized spacial score (nSPS) is 10.5. The Morgan fingerprint density at radius 1 is 0.893 bits per heavy atom. The Labute approximate surface area is 162 Å². The van der Waals surface area contributed by atoms with E-state index in [1.54, 1.807) is 37.6 Å². The highest BCUT2D eigenvalue weighted by Crippen LogP contribution is 2.31. The van der Waals surface area contributed by atoms with Crippen LogP contribution in [0.25, 0.3) is 10.9 Å². The fraction of sp³-hybridized carbons (Fsp3) is 0.0435. The van der Waals surface area contributed by atoms with Gasteiger partial charge in [0.25, 0.3) is 5.91 Å². The first kappa shape index (κ1) is 17.5. The summed E-state index contributed by atoms with van der Waals surface area (Å²) in [5.74, 6) is 1.69. The van der Waals surface area contributed by atoms with E-state index < -0.39 is 0 Å². The van der Waals surface area contributed by atoms with Crippen molar-refractivity contribution in [2.24, 2.45) is 0 Å². The summed E-state index contributed by atoms with van der Waals surface area (Å²) >= 11 is 0. The Bertz CT molecular complexity index is 1120. The molecular formula is C23H18N2O3.